The molecule has 1 aromatic carbocycles. The summed E-state index contributed by atoms with van der Waals surface area (Å²) in [6.45, 7) is 6.51. The largest absolute Gasteiger partial charge is 0.399 e. The van der Waals surface area contributed by atoms with Crippen molar-refractivity contribution in [2.75, 3.05) is 25.9 Å². The van der Waals surface area contributed by atoms with Crippen molar-refractivity contribution in [1.82, 2.24) is 4.90 Å². The fraction of sp³-hybridized carbons (Fsp3) is 0.500. The number of likely N-dealkylation sites (N-methyl/N-ethyl adjacent to an activating group) is 1. The topological polar surface area (TPSA) is 29.3 Å². The van der Waals surface area contributed by atoms with Crippen molar-refractivity contribution in [2.24, 2.45) is 0 Å². The third-order valence-corrected chi connectivity index (χ3v) is 2.68. The summed E-state index contributed by atoms with van der Waals surface area (Å²) in [5, 5.41) is 0. The minimum atomic E-state index is 0.866. The minimum absolute atomic E-state index is 0.866. The monoisotopic (exact) mass is 192 g/mol. The van der Waals surface area contributed by atoms with Crippen LogP contribution in [0.1, 0.15) is 18.1 Å². The van der Waals surface area contributed by atoms with Crippen LogP contribution < -0.4 is 5.73 Å². The second-order valence-corrected chi connectivity index (χ2v) is 3.83. The zero-order valence-corrected chi connectivity index (χ0v) is 9.38. The van der Waals surface area contributed by atoms with Crippen LogP contribution in [-0.2, 0) is 6.42 Å². The Kier molecular flexibility index (Phi) is 3.96. The summed E-state index contributed by atoms with van der Waals surface area (Å²) in [5.41, 5.74) is 9.32. The Morgan fingerprint density at radius 3 is 2.71 bits per heavy atom. The second-order valence-electron chi connectivity index (χ2n) is 3.83. The second kappa shape index (κ2) is 5.01. The van der Waals surface area contributed by atoms with Crippen molar-refractivity contribution >= 4 is 5.69 Å². The molecule has 0 bridgehead atoms. The summed E-state index contributed by atoms with van der Waals surface area (Å²) in [5.74, 6) is 0. The molecule has 1 rings (SSSR count). The van der Waals surface area contributed by atoms with Gasteiger partial charge in [0.05, 0.1) is 0 Å². The molecule has 0 unspecified atom stereocenters. The van der Waals surface area contributed by atoms with Gasteiger partial charge in [0.1, 0.15) is 0 Å². The molecule has 0 fully saturated rings. The first kappa shape index (κ1) is 11.1. The van der Waals surface area contributed by atoms with Crippen LogP contribution in [0.5, 0.6) is 0 Å². The van der Waals surface area contributed by atoms with Gasteiger partial charge in [0.2, 0.25) is 0 Å². The van der Waals surface area contributed by atoms with Gasteiger partial charge < -0.3 is 10.6 Å². The molecule has 2 heteroatoms. The van der Waals surface area contributed by atoms with Crippen LogP contribution in [0, 0.1) is 6.92 Å². The summed E-state index contributed by atoms with van der Waals surface area (Å²) in [4.78, 5) is 2.31. The molecule has 0 saturated carbocycles. The molecule has 0 amide bonds. The first-order chi connectivity index (χ1) is 6.63. The van der Waals surface area contributed by atoms with Gasteiger partial charge in [0.25, 0.3) is 0 Å². The van der Waals surface area contributed by atoms with Crippen molar-refractivity contribution in [3.63, 3.8) is 0 Å². The molecule has 0 radical (unpaired) electrons. The fourth-order valence-electron chi connectivity index (χ4n) is 1.43. The zero-order chi connectivity index (χ0) is 10.6. The van der Waals surface area contributed by atoms with Crippen LogP contribution in [0.25, 0.3) is 0 Å². The minimum Gasteiger partial charge on any atom is -0.399 e. The molecule has 0 aromatic heterocycles. The van der Waals surface area contributed by atoms with E-state index in [1.165, 1.54) is 11.1 Å². The highest BCUT2D eigenvalue weighted by molar-refractivity contribution is 5.44. The highest BCUT2D eigenvalue weighted by Gasteiger charge is 2.00. The van der Waals surface area contributed by atoms with E-state index in [0.29, 0.717) is 0 Å². The maximum absolute atomic E-state index is 5.75. The van der Waals surface area contributed by atoms with Crippen LogP contribution >= 0.6 is 0 Å². The molecular weight excluding hydrogens is 172 g/mol. The van der Waals surface area contributed by atoms with E-state index in [1.807, 2.05) is 6.07 Å². The van der Waals surface area contributed by atoms with Crippen molar-refractivity contribution in [2.45, 2.75) is 20.3 Å². The normalized spacial score (nSPS) is 10.9. The summed E-state index contributed by atoms with van der Waals surface area (Å²) < 4.78 is 0. The van der Waals surface area contributed by atoms with Gasteiger partial charge in [-0.3, -0.25) is 0 Å². The Bertz CT molecular complexity index is 294. The van der Waals surface area contributed by atoms with E-state index >= 15 is 0 Å². The lowest BCUT2D eigenvalue weighted by Crippen LogP contribution is -2.20. The van der Waals surface area contributed by atoms with Crippen molar-refractivity contribution in [3.05, 3.63) is 29.3 Å². The number of hydrogen-bond acceptors (Lipinski definition) is 2. The lowest BCUT2D eigenvalue weighted by molar-refractivity contribution is 0.357. The van der Waals surface area contributed by atoms with Crippen LogP contribution in [0.2, 0.25) is 0 Å². The number of nitrogen functional groups attached to an aromatic ring is 1. The van der Waals surface area contributed by atoms with E-state index in [0.717, 1.165) is 25.2 Å². The zero-order valence-electron chi connectivity index (χ0n) is 9.38. The summed E-state index contributed by atoms with van der Waals surface area (Å²) in [6.07, 6.45) is 1.08. The first-order valence-corrected chi connectivity index (χ1v) is 5.17. The molecule has 0 aliphatic heterocycles. The van der Waals surface area contributed by atoms with Gasteiger partial charge in [-0.25, -0.2) is 0 Å². The highest BCUT2D eigenvalue weighted by Crippen LogP contribution is 2.13. The van der Waals surface area contributed by atoms with E-state index in [9.17, 15) is 0 Å². The molecule has 0 saturated heterocycles. The van der Waals surface area contributed by atoms with Crippen molar-refractivity contribution in [1.29, 1.82) is 0 Å². The Balaban J connectivity index is 2.62. The Morgan fingerprint density at radius 1 is 1.36 bits per heavy atom. The summed E-state index contributed by atoms with van der Waals surface area (Å²) >= 11 is 0. The third kappa shape index (κ3) is 3.04. The molecule has 2 nitrogen and oxygen atoms in total. The number of nitrogens with two attached hydrogens (primary N) is 1. The predicted molar refractivity (Wildman–Crippen MR) is 62.5 cm³/mol. The number of rotatable bonds is 4. The number of hydrogen-bond donors (Lipinski definition) is 1. The number of benzene rings is 1. The SMILES string of the molecule is CCN(C)CCc1cc(N)ccc1C. The highest BCUT2D eigenvalue weighted by atomic mass is 15.1. The number of aryl methyl sites for hydroxylation is 1. The molecule has 0 aliphatic rings. The van der Waals surface area contributed by atoms with Gasteiger partial charge in [0, 0.05) is 12.2 Å². The molecule has 0 atom stereocenters. The molecule has 0 spiro atoms. The average molecular weight is 192 g/mol. The van der Waals surface area contributed by atoms with Gasteiger partial charge in [-0.15, -0.1) is 0 Å². The van der Waals surface area contributed by atoms with Gasteiger partial charge in [-0.05, 0) is 50.2 Å². The lowest BCUT2D eigenvalue weighted by atomic mass is 10.0. The van der Waals surface area contributed by atoms with Crippen LogP contribution in [-0.4, -0.2) is 25.0 Å². The first-order valence-electron chi connectivity index (χ1n) is 5.17. The van der Waals surface area contributed by atoms with Crippen LogP contribution in [0.3, 0.4) is 0 Å². The van der Waals surface area contributed by atoms with Crippen LogP contribution in [0.4, 0.5) is 5.69 Å². The predicted octanol–water partition coefficient (Wildman–Crippen LogP) is 2.07. The Morgan fingerprint density at radius 2 is 2.07 bits per heavy atom. The maximum atomic E-state index is 5.75. The molecule has 2 N–H and O–H groups in total. The maximum Gasteiger partial charge on any atom is 0.0316 e. The summed E-state index contributed by atoms with van der Waals surface area (Å²) in [6, 6.07) is 6.14. The number of anilines is 1. The molecule has 0 heterocycles. The van der Waals surface area contributed by atoms with Crippen molar-refractivity contribution in [3.8, 4) is 0 Å². The number of nitrogens with zero attached hydrogens (tertiary/aromatic N) is 1. The van der Waals surface area contributed by atoms with E-state index in [4.69, 9.17) is 5.73 Å². The van der Waals surface area contributed by atoms with Gasteiger partial charge >= 0.3 is 0 Å². The van der Waals surface area contributed by atoms with E-state index < -0.39 is 0 Å². The smallest absolute Gasteiger partial charge is 0.0316 e. The van der Waals surface area contributed by atoms with Crippen LogP contribution in [0.15, 0.2) is 18.2 Å². The van der Waals surface area contributed by atoms with E-state index in [2.05, 4.69) is 37.9 Å². The molecular formula is C12H20N2. The Hall–Kier alpha value is -1.02. The van der Waals surface area contributed by atoms with Crippen molar-refractivity contribution < 1.29 is 0 Å². The molecule has 1 aromatic rings. The average Bonchev–Trinajstić information content (AvgIpc) is 2.19. The third-order valence-electron chi connectivity index (χ3n) is 2.68. The molecule has 78 valence electrons. The lowest BCUT2D eigenvalue weighted by Gasteiger charge is -2.14. The molecule has 0 aliphatic carbocycles. The van der Waals surface area contributed by atoms with Gasteiger partial charge in [0.15, 0.2) is 0 Å². The quantitative estimate of drug-likeness (QED) is 0.740. The Labute approximate surface area is 86.7 Å². The van der Waals surface area contributed by atoms with E-state index in [1.54, 1.807) is 0 Å². The van der Waals surface area contributed by atoms with E-state index in [-0.39, 0.29) is 0 Å². The molecule has 14 heavy (non-hydrogen) atoms. The van der Waals surface area contributed by atoms with Gasteiger partial charge in [-0.2, -0.15) is 0 Å². The van der Waals surface area contributed by atoms with Gasteiger partial charge in [-0.1, -0.05) is 13.0 Å². The summed E-state index contributed by atoms with van der Waals surface area (Å²) in [7, 11) is 2.14. The standard InChI is InChI=1S/C12H20N2/c1-4-14(3)8-7-11-9-12(13)6-5-10(11)2/h5-6,9H,4,7-8,13H2,1-3H3. The fourth-order valence-corrected chi connectivity index (χ4v) is 1.43.